The Morgan fingerprint density at radius 3 is 2.06 bits per heavy atom. The molecule has 0 radical (unpaired) electrons. The minimum absolute atomic E-state index is 0.0459. The van der Waals surface area contributed by atoms with Crippen molar-refractivity contribution in [3.63, 3.8) is 0 Å². The Morgan fingerprint density at radius 1 is 1.10 bits per heavy atom. The van der Waals surface area contributed by atoms with Gasteiger partial charge in [0.2, 0.25) is 0 Å². The van der Waals surface area contributed by atoms with E-state index in [0.29, 0.717) is 0 Å². The van der Waals surface area contributed by atoms with E-state index in [9.17, 15) is 24.6 Å². The van der Waals surface area contributed by atoms with Gasteiger partial charge in [0.1, 0.15) is 17.5 Å². The number of carbonyl (C=O) groups excluding carboxylic acids is 3. The van der Waals surface area contributed by atoms with Gasteiger partial charge in [-0.3, -0.25) is 9.59 Å². The molecule has 1 saturated heterocycles. The third-order valence-corrected chi connectivity index (χ3v) is 7.43. The van der Waals surface area contributed by atoms with E-state index in [2.05, 4.69) is 0 Å². The number of aliphatic hydroxyl groups excluding tert-OH is 1. The number of rotatable bonds is 2. The number of hydrogen-bond donors (Lipinski definition) is 2. The van der Waals surface area contributed by atoms with Crippen molar-refractivity contribution in [1.82, 2.24) is 0 Å². The maximum atomic E-state index is 15.4. The molecule has 180 valence electrons. The Morgan fingerprint density at radius 2 is 1.61 bits per heavy atom. The van der Waals surface area contributed by atoms with Crippen molar-refractivity contribution in [3.05, 3.63) is 0 Å². The Labute approximate surface area is 184 Å². The van der Waals surface area contributed by atoms with Gasteiger partial charge in [0, 0.05) is 24.9 Å². The highest BCUT2D eigenvalue weighted by Gasteiger charge is 2.53. The van der Waals surface area contributed by atoms with Crippen LogP contribution in [0.2, 0.25) is 0 Å². The first-order valence-corrected chi connectivity index (χ1v) is 10.9. The van der Waals surface area contributed by atoms with Crippen LogP contribution in [0.15, 0.2) is 0 Å². The number of methoxy groups -OCH3 is 1. The largest absolute Gasteiger partial charge is 0.457 e. The SMILES string of the molecule is CC[C@H]1OC(=O)[C@@](C)(F)C(=O)[C@H](C)[C@@H](C)C(C)(OC)C[C@@H](C)C(=O)[C@H](C)[C@@H](O)[C@]1(C)O. The lowest BCUT2D eigenvalue weighted by Crippen LogP contribution is -2.58. The molecule has 1 aliphatic rings. The lowest BCUT2D eigenvalue weighted by molar-refractivity contribution is -0.196. The smallest absolute Gasteiger partial charge is 0.351 e. The van der Waals surface area contributed by atoms with Crippen molar-refractivity contribution in [2.24, 2.45) is 23.7 Å². The molecule has 1 fully saturated rings. The minimum Gasteiger partial charge on any atom is -0.457 e. The fourth-order valence-corrected chi connectivity index (χ4v) is 4.60. The quantitative estimate of drug-likeness (QED) is 0.496. The molecule has 1 aliphatic heterocycles. The Hall–Kier alpha value is -1.38. The predicted octanol–water partition coefficient (Wildman–Crippen LogP) is 2.64. The zero-order chi connectivity index (χ0) is 24.5. The highest BCUT2D eigenvalue weighted by molar-refractivity contribution is 6.07. The molecule has 0 aromatic heterocycles. The van der Waals surface area contributed by atoms with Crippen LogP contribution in [0.1, 0.15) is 68.2 Å². The molecule has 2 N–H and O–H groups in total. The molecular weight excluding hydrogens is 407 g/mol. The normalized spacial score (nSPS) is 46.4. The van der Waals surface area contributed by atoms with Gasteiger partial charge in [-0.1, -0.05) is 34.6 Å². The molecule has 0 spiro atoms. The second-order valence-corrected chi connectivity index (χ2v) is 9.73. The van der Waals surface area contributed by atoms with Gasteiger partial charge in [-0.2, -0.15) is 0 Å². The van der Waals surface area contributed by atoms with Crippen LogP contribution < -0.4 is 0 Å². The molecule has 0 aliphatic carbocycles. The first kappa shape index (κ1) is 27.7. The van der Waals surface area contributed by atoms with Crippen LogP contribution in [0, 0.1) is 23.7 Å². The maximum Gasteiger partial charge on any atom is 0.351 e. The van der Waals surface area contributed by atoms with E-state index in [1.807, 2.05) is 0 Å². The molecule has 0 aromatic rings. The second kappa shape index (κ2) is 9.63. The number of ether oxygens (including phenoxy) is 2. The van der Waals surface area contributed by atoms with E-state index in [4.69, 9.17) is 9.47 Å². The number of esters is 1. The summed E-state index contributed by atoms with van der Waals surface area (Å²) in [4.78, 5) is 38.7. The highest BCUT2D eigenvalue weighted by atomic mass is 19.1. The number of aliphatic hydroxyl groups is 2. The average Bonchev–Trinajstić information content (AvgIpc) is 2.72. The Kier molecular flexibility index (Phi) is 8.59. The summed E-state index contributed by atoms with van der Waals surface area (Å²) in [5.41, 5.74) is -5.97. The van der Waals surface area contributed by atoms with Crippen LogP contribution >= 0.6 is 0 Å². The highest BCUT2D eigenvalue weighted by Crippen LogP contribution is 2.38. The van der Waals surface area contributed by atoms with Gasteiger partial charge in [0.15, 0.2) is 5.78 Å². The van der Waals surface area contributed by atoms with Gasteiger partial charge in [-0.25, -0.2) is 9.18 Å². The van der Waals surface area contributed by atoms with Crippen molar-refractivity contribution >= 4 is 17.5 Å². The molecule has 9 atom stereocenters. The number of Topliss-reactive ketones (excluding diaryl/α,β-unsaturated/α-hetero) is 2. The molecule has 1 rings (SSSR count). The van der Waals surface area contributed by atoms with Crippen molar-refractivity contribution in [3.8, 4) is 0 Å². The van der Waals surface area contributed by atoms with Crippen LogP contribution in [0.25, 0.3) is 0 Å². The summed E-state index contributed by atoms with van der Waals surface area (Å²) in [6.45, 7) is 11.8. The summed E-state index contributed by atoms with van der Waals surface area (Å²) in [7, 11) is 1.45. The van der Waals surface area contributed by atoms with Gasteiger partial charge in [0.25, 0.3) is 5.67 Å². The summed E-state index contributed by atoms with van der Waals surface area (Å²) >= 11 is 0. The first-order chi connectivity index (χ1) is 14.0. The number of hydrogen-bond acceptors (Lipinski definition) is 7. The molecule has 31 heavy (non-hydrogen) atoms. The van der Waals surface area contributed by atoms with E-state index >= 15 is 4.39 Å². The molecular formula is C23H39FO7. The van der Waals surface area contributed by atoms with Gasteiger partial charge in [0.05, 0.1) is 11.7 Å². The van der Waals surface area contributed by atoms with E-state index in [-0.39, 0.29) is 18.6 Å². The lowest BCUT2D eigenvalue weighted by Gasteiger charge is -2.42. The molecule has 0 bridgehead atoms. The number of alkyl halides is 1. The third kappa shape index (κ3) is 5.17. The minimum atomic E-state index is -2.95. The molecule has 8 heteroatoms. The number of carbonyl (C=O) groups is 3. The Bertz CT molecular complexity index is 689. The van der Waals surface area contributed by atoms with Crippen molar-refractivity contribution < 1.29 is 38.5 Å². The molecule has 1 heterocycles. The van der Waals surface area contributed by atoms with Crippen LogP contribution in [0.5, 0.6) is 0 Å². The van der Waals surface area contributed by atoms with Gasteiger partial charge in [-0.05, 0) is 39.5 Å². The molecule has 0 amide bonds. The van der Waals surface area contributed by atoms with Crippen LogP contribution in [0.4, 0.5) is 4.39 Å². The van der Waals surface area contributed by atoms with Gasteiger partial charge < -0.3 is 19.7 Å². The summed E-state index contributed by atoms with van der Waals surface area (Å²) in [6.07, 6.45) is -2.63. The van der Waals surface area contributed by atoms with Crippen molar-refractivity contribution in [2.75, 3.05) is 7.11 Å². The summed E-state index contributed by atoms with van der Waals surface area (Å²) in [5.74, 6) is -5.69. The topological polar surface area (TPSA) is 110 Å². The Balaban J connectivity index is 3.59. The van der Waals surface area contributed by atoms with Crippen LogP contribution in [0.3, 0.4) is 0 Å². The average molecular weight is 447 g/mol. The van der Waals surface area contributed by atoms with Crippen molar-refractivity contribution in [1.29, 1.82) is 0 Å². The number of ketones is 2. The monoisotopic (exact) mass is 446 g/mol. The molecule has 7 nitrogen and oxygen atoms in total. The van der Waals surface area contributed by atoms with Crippen LogP contribution in [-0.2, 0) is 23.9 Å². The van der Waals surface area contributed by atoms with E-state index in [1.165, 1.54) is 27.9 Å². The van der Waals surface area contributed by atoms with E-state index in [1.54, 1.807) is 27.7 Å². The van der Waals surface area contributed by atoms with Crippen molar-refractivity contribution in [2.45, 2.75) is 97.3 Å². The molecule has 0 aromatic carbocycles. The van der Waals surface area contributed by atoms with E-state index < -0.39 is 64.5 Å². The zero-order valence-corrected chi connectivity index (χ0v) is 20.2. The fourth-order valence-electron chi connectivity index (χ4n) is 4.60. The summed E-state index contributed by atoms with van der Waals surface area (Å²) in [6, 6.07) is 0. The molecule has 0 saturated carbocycles. The molecule has 1 unspecified atom stereocenters. The van der Waals surface area contributed by atoms with Gasteiger partial charge >= 0.3 is 5.97 Å². The zero-order valence-electron chi connectivity index (χ0n) is 20.2. The lowest BCUT2D eigenvalue weighted by atomic mass is 9.70. The van der Waals surface area contributed by atoms with Gasteiger partial charge in [-0.15, -0.1) is 0 Å². The predicted molar refractivity (Wildman–Crippen MR) is 113 cm³/mol. The standard InChI is InChI=1S/C23H39FO7/c1-10-16-23(8,29)19(27)14(4)17(25)12(2)11-21(6,30-9)15(5)13(3)18(26)22(7,24)20(28)31-16/h12-16,19,27,29H,10-11H2,1-9H3/t12-,13-,14+,15-,16-,19-,21?,22+,23-/m1/s1. The van der Waals surface area contributed by atoms with E-state index in [0.717, 1.165) is 6.92 Å². The first-order valence-electron chi connectivity index (χ1n) is 10.9. The summed E-state index contributed by atoms with van der Waals surface area (Å²) < 4.78 is 26.3. The summed E-state index contributed by atoms with van der Waals surface area (Å²) in [5, 5.41) is 21.8. The maximum absolute atomic E-state index is 15.4. The number of halogens is 1. The number of cyclic esters (lactones) is 1. The fraction of sp³-hybridized carbons (Fsp3) is 0.870. The second-order valence-electron chi connectivity index (χ2n) is 9.73. The third-order valence-electron chi connectivity index (χ3n) is 7.43. The van der Waals surface area contributed by atoms with Crippen LogP contribution in [-0.4, -0.2) is 63.9 Å².